The molecule has 4 nitrogen and oxygen atoms in total. The SMILES string of the molecule is CCn1ncc(NC(=S)Nc2ccc(Br)cc2Cl)c1C. The van der Waals surface area contributed by atoms with Gasteiger partial charge in [-0.3, -0.25) is 4.68 Å². The summed E-state index contributed by atoms with van der Waals surface area (Å²) in [6.45, 7) is 4.86. The fourth-order valence-corrected chi connectivity index (χ4v) is 2.70. The predicted octanol–water partition coefficient (Wildman–Crippen LogP) is 4.44. The van der Waals surface area contributed by atoms with Gasteiger partial charge in [0.25, 0.3) is 0 Å². The molecule has 1 aromatic carbocycles. The molecule has 1 aromatic heterocycles. The Morgan fingerprint density at radius 2 is 2.10 bits per heavy atom. The molecule has 0 saturated carbocycles. The van der Waals surface area contributed by atoms with Crippen molar-refractivity contribution < 1.29 is 0 Å². The van der Waals surface area contributed by atoms with E-state index >= 15 is 0 Å². The number of anilines is 2. The Balaban J connectivity index is 2.07. The zero-order valence-electron chi connectivity index (χ0n) is 11.1. The minimum atomic E-state index is 0.480. The van der Waals surface area contributed by atoms with Crippen LogP contribution in [0.1, 0.15) is 12.6 Å². The zero-order chi connectivity index (χ0) is 14.7. The largest absolute Gasteiger partial charge is 0.331 e. The molecule has 0 unspecified atom stereocenters. The molecule has 2 rings (SSSR count). The molecular formula is C13H14BrClN4S. The maximum atomic E-state index is 6.14. The van der Waals surface area contributed by atoms with Crippen LogP contribution in [0.3, 0.4) is 0 Å². The van der Waals surface area contributed by atoms with Crippen molar-refractivity contribution in [2.75, 3.05) is 10.6 Å². The van der Waals surface area contributed by atoms with Crippen molar-refractivity contribution in [1.82, 2.24) is 9.78 Å². The summed E-state index contributed by atoms with van der Waals surface area (Å²) in [5.41, 5.74) is 2.68. The Morgan fingerprint density at radius 1 is 1.40 bits per heavy atom. The fourth-order valence-electron chi connectivity index (χ4n) is 1.75. The Bertz CT molecular complexity index is 641. The Hall–Kier alpha value is -1.11. The molecule has 20 heavy (non-hydrogen) atoms. The molecule has 0 saturated heterocycles. The van der Waals surface area contributed by atoms with Crippen LogP contribution in [0.2, 0.25) is 5.02 Å². The molecule has 2 N–H and O–H groups in total. The summed E-state index contributed by atoms with van der Waals surface area (Å²) >= 11 is 14.8. The van der Waals surface area contributed by atoms with Gasteiger partial charge in [0.15, 0.2) is 5.11 Å². The topological polar surface area (TPSA) is 41.9 Å². The lowest BCUT2D eigenvalue weighted by molar-refractivity contribution is 0.640. The summed E-state index contributed by atoms with van der Waals surface area (Å²) in [5.74, 6) is 0. The van der Waals surface area contributed by atoms with E-state index in [4.69, 9.17) is 23.8 Å². The average molecular weight is 374 g/mol. The molecule has 0 aliphatic rings. The summed E-state index contributed by atoms with van der Waals surface area (Å²) in [6.07, 6.45) is 1.76. The number of hydrogen-bond donors (Lipinski definition) is 2. The van der Waals surface area contributed by atoms with E-state index in [2.05, 4.69) is 31.7 Å². The molecule has 2 aromatic rings. The third-order valence-corrected chi connectivity index (χ3v) is 3.84. The van der Waals surface area contributed by atoms with Crippen molar-refractivity contribution >= 4 is 56.2 Å². The van der Waals surface area contributed by atoms with Crippen molar-refractivity contribution in [3.05, 3.63) is 39.6 Å². The van der Waals surface area contributed by atoms with E-state index < -0.39 is 0 Å². The smallest absolute Gasteiger partial charge is 0.175 e. The monoisotopic (exact) mass is 372 g/mol. The minimum Gasteiger partial charge on any atom is -0.331 e. The van der Waals surface area contributed by atoms with Gasteiger partial charge in [-0.15, -0.1) is 0 Å². The number of halogens is 2. The van der Waals surface area contributed by atoms with Crippen molar-refractivity contribution in [3.8, 4) is 0 Å². The van der Waals surface area contributed by atoms with E-state index in [0.29, 0.717) is 10.1 Å². The number of nitrogens with one attached hydrogen (secondary N) is 2. The lowest BCUT2D eigenvalue weighted by Crippen LogP contribution is -2.19. The molecule has 7 heteroatoms. The second kappa shape index (κ2) is 6.56. The van der Waals surface area contributed by atoms with E-state index in [1.54, 1.807) is 6.20 Å². The first-order valence-electron chi connectivity index (χ1n) is 6.06. The predicted molar refractivity (Wildman–Crippen MR) is 91.6 cm³/mol. The van der Waals surface area contributed by atoms with Gasteiger partial charge in [-0.25, -0.2) is 0 Å². The number of rotatable bonds is 3. The van der Waals surface area contributed by atoms with E-state index in [9.17, 15) is 0 Å². The Labute approximate surface area is 136 Å². The maximum Gasteiger partial charge on any atom is 0.175 e. The molecule has 106 valence electrons. The van der Waals surface area contributed by atoms with Gasteiger partial charge in [-0.1, -0.05) is 27.5 Å². The van der Waals surface area contributed by atoms with Crippen molar-refractivity contribution in [1.29, 1.82) is 0 Å². The second-order valence-corrected chi connectivity index (χ2v) is 5.89. The molecule has 0 spiro atoms. The van der Waals surface area contributed by atoms with Crippen LogP contribution < -0.4 is 10.6 Å². The summed E-state index contributed by atoms with van der Waals surface area (Å²) < 4.78 is 2.82. The fraction of sp³-hybridized carbons (Fsp3) is 0.231. The van der Waals surface area contributed by atoms with Gasteiger partial charge >= 0.3 is 0 Å². The number of aryl methyl sites for hydroxylation is 1. The van der Waals surface area contributed by atoms with Gasteiger partial charge in [0.2, 0.25) is 0 Å². The minimum absolute atomic E-state index is 0.480. The lowest BCUT2D eigenvalue weighted by atomic mass is 10.3. The van der Waals surface area contributed by atoms with Gasteiger partial charge in [0.05, 0.1) is 28.3 Å². The molecule has 0 radical (unpaired) electrons. The molecule has 0 aliphatic heterocycles. The zero-order valence-corrected chi connectivity index (χ0v) is 14.2. The van der Waals surface area contributed by atoms with Crippen molar-refractivity contribution in [3.63, 3.8) is 0 Å². The van der Waals surface area contributed by atoms with Gasteiger partial charge in [-0.2, -0.15) is 5.10 Å². The molecule has 0 aliphatic carbocycles. The number of aromatic nitrogens is 2. The third-order valence-electron chi connectivity index (χ3n) is 2.83. The normalized spacial score (nSPS) is 10.4. The molecule has 0 bridgehead atoms. The Morgan fingerprint density at radius 3 is 2.70 bits per heavy atom. The van der Waals surface area contributed by atoms with E-state index in [0.717, 1.165) is 28.1 Å². The summed E-state index contributed by atoms with van der Waals surface area (Å²) in [4.78, 5) is 0. The highest BCUT2D eigenvalue weighted by Gasteiger charge is 2.08. The Kier molecular flexibility index (Phi) is 5.01. The highest BCUT2D eigenvalue weighted by atomic mass is 79.9. The first-order valence-corrected chi connectivity index (χ1v) is 7.64. The van der Waals surface area contributed by atoms with Gasteiger partial charge in [-0.05, 0) is 44.3 Å². The summed E-state index contributed by atoms with van der Waals surface area (Å²) in [5, 5.41) is 11.5. The van der Waals surface area contributed by atoms with Crippen LogP contribution in [-0.4, -0.2) is 14.9 Å². The van der Waals surface area contributed by atoms with Gasteiger partial charge in [0.1, 0.15) is 0 Å². The van der Waals surface area contributed by atoms with Crippen LogP contribution in [0.5, 0.6) is 0 Å². The summed E-state index contributed by atoms with van der Waals surface area (Å²) in [6, 6.07) is 5.58. The molecule has 1 heterocycles. The van der Waals surface area contributed by atoms with Crippen LogP contribution in [-0.2, 0) is 6.54 Å². The summed E-state index contributed by atoms with van der Waals surface area (Å²) in [7, 11) is 0. The van der Waals surface area contributed by atoms with E-state index in [1.165, 1.54) is 0 Å². The maximum absolute atomic E-state index is 6.14. The average Bonchev–Trinajstić information content (AvgIpc) is 2.74. The van der Waals surface area contributed by atoms with Crippen LogP contribution in [0, 0.1) is 6.92 Å². The highest BCUT2D eigenvalue weighted by Crippen LogP contribution is 2.26. The van der Waals surface area contributed by atoms with Gasteiger partial charge in [0, 0.05) is 11.0 Å². The van der Waals surface area contributed by atoms with E-state index in [1.807, 2.05) is 36.7 Å². The first-order chi connectivity index (χ1) is 9.51. The third kappa shape index (κ3) is 3.50. The van der Waals surface area contributed by atoms with E-state index in [-0.39, 0.29) is 0 Å². The van der Waals surface area contributed by atoms with Crippen molar-refractivity contribution in [2.45, 2.75) is 20.4 Å². The first kappa shape index (κ1) is 15.3. The van der Waals surface area contributed by atoms with Crippen LogP contribution in [0.4, 0.5) is 11.4 Å². The van der Waals surface area contributed by atoms with Crippen LogP contribution in [0.15, 0.2) is 28.9 Å². The standard InChI is InChI=1S/C13H14BrClN4S/c1-3-19-8(2)12(7-16-19)18-13(20)17-11-5-4-9(14)6-10(11)15/h4-7H,3H2,1-2H3,(H2,17,18,20). The second-order valence-electron chi connectivity index (χ2n) is 4.16. The number of hydrogen-bond acceptors (Lipinski definition) is 2. The molecule has 0 fully saturated rings. The van der Waals surface area contributed by atoms with Crippen LogP contribution >= 0.6 is 39.7 Å². The number of thiocarbonyl (C=S) groups is 1. The lowest BCUT2D eigenvalue weighted by Gasteiger charge is -2.11. The van der Waals surface area contributed by atoms with Crippen molar-refractivity contribution in [2.24, 2.45) is 0 Å². The quantitative estimate of drug-likeness (QED) is 0.781. The van der Waals surface area contributed by atoms with Gasteiger partial charge < -0.3 is 10.6 Å². The highest BCUT2D eigenvalue weighted by molar-refractivity contribution is 9.10. The molecular weight excluding hydrogens is 360 g/mol. The number of nitrogens with zero attached hydrogens (tertiary/aromatic N) is 2. The molecule has 0 amide bonds. The number of benzene rings is 1. The van der Waals surface area contributed by atoms with Crippen LogP contribution in [0.25, 0.3) is 0 Å². The molecule has 0 atom stereocenters.